The minimum absolute atomic E-state index is 0.422. The van der Waals surface area contributed by atoms with Crippen molar-refractivity contribution in [3.8, 4) is 5.75 Å². The summed E-state index contributed by atoms with van der Waals surface area (Å²) < 4.78 is 0. The molecule has 1 aliphatic carbocycles. The van der Waals surface area contributed by atoms with Crippen molar-refractivity contribution in [2.75, 3.05) is 6.54 Å². The Hall–Kier alpha value is -1.02. The summed E-state index contributed by atoms with van der Waals surface area (Å²) in [5.74, 6) is 0.422. The molecule has 0 spiro atoms. The second kappa shape index (κ2) is 4.93. The van der Waals surface area contributed by atoms with Gasteiger partial charge in [-0.15, -0.1) is 0 Å². The maximum Gasteiger partial charge on any atom is 0.115 e. The normalized spacial score (nSPS) is 28.9. The molecule has 1 aromatic rings. The molecule has 2 aliphatic rings. The first kappa shape index (κ1) is 12.0. The molecule has 98 valence electrons. The predicted octanol–water partition coefficient (Wildman–Crippen LogP) is 3.64. The van der Waals surface area contributed by atoms with Crippen LogP contribution < -0.4 is 0 Å². The number of hydrogen-bond donors (Lipinski definition) is 1. The van der Waals surface area contributed by atoms with E-state index in [1.54, 1.807) is 0 Å². The lowest BCUT2D eigenvalue weighted by molar-refractivity contribution is 0.0940. The van der Waals surface area contributed by atoms with E-state index >= 15 is 0 Å². The minimum atomic E-state index is 0.422. The zero-order valence-electron chi connectivity index (χ0n) is 11.2. The van der Waals surface area contributed by atoms with E-state index in [4.69, 9.17) is 0 Å². The quantitative estimate of drug-likeness (QED) is 0.816. The van der Waals surface area contributed by atoms with Crippen molar-refractivity contribution in [1.82, 2.24) is 4.90 Å². The first-order chi connectivity index (χ1) is 8.75. The van der Waals surface area contributed by atoms with Crippen LogP contribution in [0.15, 0.2) is 18.2 Å². The van der Waals surface area contributed by atoms with Crippen LogP contribution >= 0.6 is 0 Å². The number of phenolic OH excluding ortho intramolecular Hbond substituents is 1. The van der Waals surface area contributed by atoms with Crippen LogP contribution in [-0.2, 0) is 6.42 Å². The molecular weight excluding hydrogens is 222 g/mol. The van der Waals surface area contributed by atoms with Gasteiger partial charge < -0.3 is 5.11 Å². The molecule has 3 rings (SSSR count). The van der Waals surface area contributed by atoms with E-state index in [0.29, 0.717) is 17.8 Å². The Bertz CT molecular complexity index is 429. The van der Waals surface area contributed by atoms with Crippen LogP contribution in [0.25, 0.3) is 0 Å². The first-order valence-corrected chi connectivity index (χ1v) is 7.33. The lowest BCUT2D eigenvalue weighted by atomic mass is 9.85. The molecule has 0 radical (unpaired) electrons. The fourth-order valence-corrected chi connectivity index (χ4v) is 3.69. The van der Waals surface area contributed by atoms with Gasteiger partial charge in [-0.1, -0.05) is 12.5 Å². The lowest BCUT2D eigenvalue weighted by Gasteiger charge is -2.42. The van der Waals surface area contributed by atoms with E-state index < -0.39 is 0 Å². The molecule has 1 saturated heterocycles. The van der Waals surface area contributed by atoms with Crippen LogP contribution in [0.4, 0.5) is 0 Å². The number of aryl methyl sites for hydroxylation is 1. The molecule has 1 heterocycles. The van der Waals surface area contributed by atoms with E-state index in [9.17, 15) is 5.11 Å². The molecule has 0 aromatic heterocycles. The van der Waals surface area contributed by atoms with E-state index in [0.717, 1.165) is 0 Å². The standard InChI is InChI=1S/C16H23NO/c1-12-5-2-3-10-17(12)16-7-4-6-13-8-9-14(18)11-15(13)16/h8-9,11-12,16,18H,2-7,10H2,1H3. The van der Waals surface area contributed by atoms with Crippen LogP contribution in [0.1, 0.15) is 56.2 Å². The van der Waals surface area contributed by atoms with Gasteiger partial charge in [-0.3, -0.25) is 4.90 Å². The van der Waals surface area contributed by atoms with Crippen molar-refractivity contribution in [3.05, 3.63) is 29.3 Å². The smallest absolute Gasteiger partial charge is 0.115 e. The fourth-order valence-electron chi connectivity index (χ4n) is 3.69. The summed E-state index contributed by atoms with van der Waals surface area (Å²) >= 11 is 0. The van der Waals surface area contributed by atoms with Gasteiger partial charge in [0.2, 0.25) is 0 Å². The zero-order chi connectivity index (χ0) is 12.5. The maximum atomic E-state index is 9.75. The third-order valence-electron chi connectivity index (χ3n) is 4.67. The van der Waals surface area contributed by atoms with Crippen LogP contribution in [-0.4, -0.2) is 22.6 Å². The number of likely N-dealkylation sites (tertiary alicyclic amines) is 1. The number of piperidine rings is 1. The molecule has 2 nitrogen and oxygen atoms in total. The van der Waals surface area contributed by atoms with Crippen molar-refractivity contribution >= 4 is 0 Å². The highest BCUT2D eigenvalue weighted by atomic mass is 16.3. The summed E-state index contributed by atoms with van der Waals surface area (Å²) in [6.45, 7) is 3.58. The SMILES string of the molecule is CC1CCCCN1C1CCCc2ccc(O)cc21. The van der Waals surface area contributed by atoms with Crippen molar-refractivity contribution in [3.63, 3.8) is 0 Å². The summed E-state index contributed by atoms with van der Waals surface area (Å²) in [5.41, 5.74) is 2.83. The highest BCUT2D eigenvalue weighted by Gasteiger charge is 2.30. The van der Waals surface area contributed by atoms with Crippen molar-refractivity contribution in [2.24, 2.45) is 0 Å². The van der Waals surface area contributed by atoms with Crippen molar-refractivity contribution in [2.45, 2.75) is 57.5 Å². The van der Waals surface area contributed by atoms with Gasteiger partial charge in [0.1, 0.15) is 5.75 Å². The van der Waals surface area contributed by atoms with Crippen molar-refractivity contribution in [1.29, 1.82) is 0 Å². The molecule has 1 aliphatic heterocycles. The van der Waals surface area contributed by atoms with E-state index in [1.165, 1.54) is 56.2 Å². The minimum Gasteiger partial charge on any atom is -0.508 e. The average Bonchev–Trinajstić information content (AvgIpc) is 2.39. The number of benzene rings is 1. The Morgan fingerprint density at radius 1 is 1.17 bits per heavy atom. The summed E-state index contributed by atoms with van der Waals surface area (Å²) in [6, 6.07) is 7.18. The van der Waals surface area contributed by atoms with Crippen LogP contribution in [0.3, 0.4) is 0 Å². The number of phenols is 1. The number of fused-ring (bicyclic) bond motifs is 1. The Labute approximate surface area is 110 Å². The van der Waals surface area contributed by atoms with E-state index in [2.05, 4.69) is 17.9 Å². The third kappa shape index (κ3) is 2.14. The van der Waals surface area contributed by atoms with E-state index in [1.807, 2.05) is 12.1 Å². The van der Waals surface area contributed by atoms with E-state index in [-0.39, 0.29) is 0 Å². The monoisotopic (exact) mass is 245 g/mol. The molecule has 2 unspecified atom stereocenters. The fraction of sp³-hybridized carbons (Fsp3) is 0.625. The Morgan fingerprint density at radius 2 is 2.06 bits per heavy atom. The first-order valence-electron chi connectivity index (χ1n) is 7.33. The molecule has 0 bridgehead atoms. The third-order valence-corrected chi connectivity index (χ3v) is 4.67. The van der Waals surface area contributed by atoms with Gasteiger partial charge in [0.25, 0.3) is 0 Å². The van der Waals surface area contributed by atoms with Gasteiger partial charge in [0.05, 0.1) is 0 Å². The van der Waals surface area contributed by atoms with Gasteiger partial charge in [-0.05, 0) is 68.8 Å². The highest BCUT2D eigenvalue weighted by Crippen LogP contribution is 2.38. The molecule has 18 heavy (non-hydrogen) atoms. The summed E-state index contributed by atoms with van der Waals surface area (Å²) in [6.07, 6.45) is 7.73. The zero-order valence-corrected chi connectivity index (χ0v) is 11.2. The number of aromatic hydroxyl groups is 1. The van der Waals surface area contributed by atoms with Crippen LogP contribution in [0, 0.1) is 0 Å². The summed E-state index contributed by atoms with van der Waals surface area (Å²) in [4.78, 5) is 2.67. The molecule has 1 aromatic carbocycles. The van der Waals surface area contributed by atoms with Gasteiger partial charge in [0.15, 0.2) is 0 Å². The molecule has 0 saturated carbocycles. The number of hydrogen-bond acceptors (Lipinski definition) is 2. The van der Waals surface area contributed by atoms with Gasteiger partial charge in [0, 0.05) is 12.1 Å². The Morgan fingerprint density at radius 3 is 2.89 bits per heavy atom. The molecule has 1 fully saturated rings. The summed E-state index contributed by atoms with van der Waals surface area (Å²) in [5, 5.41) is 9.75. The highest BCUT2D eigenvalue weighted by molar-refractivity contribution is 5.38. The second-order valence-corrected chi connectivity index (χ2v) is 5.87. The number of nitrogens with zero attached hydrogens (tertiary/aromatic N) is 1. The Kier molecular flexibility index (Phi) is 3.29. The van der Waals surface area contributed by atoms with Gasteiger partial charge in [-0.25, -0.2) is 0 Å². The molecule has 0 amide bonds. The maximum absolute atomic E-state index is 9.75. The molecule has 2 heteroatoms. The molecule has 2 atom stereocenters. The molecular formula is C16H23NO. The van der Waals surface area contributed by atoms with Crippen LogP contribution in [0.5, 0.6) is 5.75 Å². The largest absolute Gasteiger partial charge is 0.508 e. The van der Waals surface area contributed by atoms with Crippen molar-refractivity contribution < 1.29 is 5.11 Å². The van der Waals surface area contributed by atoms with Gasteiger partial charge in [-0.2, -0.15) is 0 Å². The van der Waals surface area contributed by atoms with Gasteiger partial charge >= 0.3 is 0 Å². The lowest BCUT2D eigenvalue weighted by Crippen LogP contribution is -2.41. The topological polar surface area (TPSA) is 23.5 Å². The molecule has 1 N–H and O–H groups in total. The number of rotatable bonds is 1. The predicted molar refractivity (Wildman–Crippen MR) is 73.8 cm³/mol. The average molecular weight is 245 g/mol. The summed E-state index contributed by atoms with van der Waals surface area (Å²) in [7, 11) is 0. The van der Waals surface area contributed by atoms with Crippen LogP contribution in [0.2, 0.25) is 0 Å². The Balaban J connectivity index is 1.92. The second-order valence-electron chi connectivity index (χ2n) is 5.87.